The first-order valence-corrected chi connectivity index (χ1v) is 9.05. The lowest BCUT2D eigenvalue weighted by Crippen LogP contribution is -2.13. The maximum atomic E-state index is 12.4. The molecule has 1 N–H and O–H groups in total. The fraction of sp³-hybridized carbons (Fsp3) is 0. The Morgan fingerprint density at radius 1 is 1.22 bits per heavy atom. The number of benzene rings is 2. The number of nitrogens with zero attached hydrogens (tertiary/aromatic N) is 3. The molecule has 0 saturated carbocycles. The van der Waals surface area contributed by atoms with Crippen molar-refractivity contribution in [1.29, 1.82) is 0 Å². The zero-order valence-corrected chi connectivity index (χ0v) is 15.2. The third-order valence-electron chi connectivity index (χ3n) is 3.93. The Morgan fingerprint density at radius 2 is 2.00 bits per heavy atom. The van der Waals surface area contributed by atoms with Crippen LogP contribution in [0.5, 0.6) is 0 Å². The summed E-state index contributed by atoms with van der Waals surface area (Å²) >= 11 is 7.33. The minimum absolute atomic E-state index is 0.0529. The number of nitrogens with one attached hydrogen (secondary N) is 1. The molecule has 4 aromatic rings. The summed E-state index contributed by atoms with van der Waals surface area (Å²) in [6.45, 7) is 0. The van der Waals surface area contributed by atoms with E-state index in [0.29, 0.717) is 5.69 Å². The van der Waals surface area contributed by atoms with Crippen molar-refractivity contribution in [1.82, 2.24) is 9.38 Å². The molecule has 0 radical (unpaired) electrons. The highest BCUT2D eigenvalue weighted by molar-refractivity contribution is 7.15. The molecule has 4 rings (SSSR count). The lowest BCUT2D eigenvalue weighted by molar-refractivity contribution is -0.385. The molecule has 1 amide bonds. The number of anilines is 1. The zero-order chi connectivity index (χ0) is 19.0. The van der Waals surface area contributed by atoms with Crippen LogP contribution in [-0.2, 0) is 0 Å². The number of carbonyl (C=O) groups is 1. The number of amides is 1. The number of nitro benzene ring substituents is 1. The van der Waals surface area contributed by atoms with Crippen molar-refractivity contribution >= 4 is 45.2 Å². The van der Waals surface area contributed by atoms with E-state index < -0.39 is 10.8 Å². The van der Waals surface area contributed by atoms with Crippen LogP contribution < -0.4 is 5.32 Å². The van der Waals surface area contributed by atoms with Gasteiger partial charge < -0.3 is 5.32 Å². The van der Waals surface area contributed by atoms with Crippen LogP contribution in [0.4, 0.5) is 11.4 Å². The zero-order valence-electron chi connectivity index (χ0n) is 13.6. The molecule has 134 valence electrons. The van der Waals surface area contributed by atoms with Gasteiger partial charge in [0.05, 0.1) is 10.6 Å². The second-order valence-electron chi connectivity index (χ2n) is 5.67. The predicted molar refractivity (Wildman–Crippen MR) is 105 cm³/mol. The first-order valence-electron chi connectivity index (χ1n) is 7.79. The van der Waals surface area contributed by atoms with Crippen LogP contribution in [-0.4, -0.2) is 20.2 Å². The molecule has 0 aliphatic rings. The van der Waals surface area contributed by atoms with Crippen molar-refractivity contribution in [2.75, 3.05) is 5.32 Å². The first-order chi connectivity index (χ1) is 13.0. The van der Waals surface area contributed by atoms with Gasteiger partial charge in [-0.05, 0) is 24.3 Å². The molecule has 0 bridgehead atoms. The maximum Gasteiger partial charge on any atom is 0.283 e. The van der Waals surface area contributed by atoms with E-state index in [9.17, 15) is 14.9 Å². The fourth-order valence-electron chi connectivity index (χ4n) is 2.64. The number of nitro groups is 1. The van der Waals surface area contributed by atoms with Gasteiger partial charge in [-0.25, -0.2) is 4.98 Å². The molecule has 2 aromatic carbocycles. The average molecular weight is 399 g/mol. The van der Waals surface area contributed by atoms with Crippen LogP contribution in [0.1, 0.15) is 10.4 Å². The molecule has 0 unspecified atom stereocenters. The number of thiazole rings is 1. The summed E-state index contributed by atoms with van der Waals surface area (Å²) in [5.74, 6) is -0.575. The van der Waals surface area contributed by atoms with Gasteiger partial charge in [-0.3, -0.25) is 19.3 Å². The maximum absolute atomic E-state index is 12.4. The third kappa shape index (κ3) is 3.40. The summed E-state index contributed by atoms with van der Waals surface area (Å²) in [6.07, 6.45) is 3.86. The lowest BCUT2D eigenvalue weighted by atomic mass is 10.1. The third-order valence-corrected chi connectivity index (χ3v) is 4.94. The largest absolute Gasteiger partial charge is 0.322 e. The summed E-state index contributed by atoms with van der Waals surface area (Å²) in [6, 6.07) is 11.0. The SMILES string of the molecule is O=C(Nc1ccc(-c2cn3ccsc3n2)cc1)c1ccc(Cl)cc1[N+](=O)[O-]. The van der Waals surface area contributed by atoms with Crippen molar-refractivity contribution in [3.63, 3.8) is 0 Å². The Labute approximate surface area is 162 Å². The van der Waals surface area contributed by atoms with E-state index in [-0.39, 0.29) is 16.3 Å². The van der Waals surface area contributed by atoms with Gasteiger partial charge in [-0.1, -0.05) is 23.7 Å². The van der Waals surface area contributed by atoms with Crippen LogP contribution >= 0.6 is 22.9 Å². The summed E-state index contributed by atoms with van der Waals surface area (Å²) in [5, 5.41) is 16.0. The smallest absolute Gasteiger partial charge is 0.283 e. The van der Waals surface area contributed by atoms with Crippen molar-refractivity contribution in [2.24, 2.45) is 0 Å². The number of aromatic nitrogens is 2. The highest BCUT2D eigenvalue weighted by Crippen LogP contribution is 2.26. The van der Waals surface area contributed by atoms with Gasteiger partial charge in [-0.15, -0.1) is 11.3 Å². The van der Waals surface area contributed by atoms with Crippen molar-refractivity contribution < 1.29 is 9.72 Å². The molecule has 0 saturated heterocycles. The Hall–Kier alpha value is -3.23. The van der Waals surface area contributed by atoms with Crippen molar-refractivity contribution in [3.05, 3.63) is 80.9 Å². The first kappa shape index (κ1) is 17.2. The van der Waals surface area contributed by atoms with Gasteiger partial charge in [0.1, 0.15) is 5.56 Å². The number of halogens is 1. The Kier molecular flexibility index (Phi) is 4.35. The molecule has 27 heavy (non-hydrogen) atoms. The van der Waals surface area contributed by atoms with Crippen LogP contribution in [0.2, 0.25) is 5.02 Å². The van der Waals surface area contributed by atoms with E-state index >= 15 is 0 Å². The van der Waals surface area contributed by atoms with Crippen LogP contribution in [0.15, 0.2) is 60.2 Å². The quantitative estimate of drug-likeness (QED) is 0.392. The number of rotatable bonds is 4. The number of hydrogen-bond donors (Lipinski definition) is 1. The van der Waals surface area contributed by atoms with Gasteiger partial charge in [-0.2, -0.15) is 0 Å². The highest BCUT2D eigenvalue weighted by atomic mass is 35.5. The molecule has 0 spiro atoms. The molecule has 7 nitrogen and oxygen atoms in total. The van der Waals surface area contributed by atoms with Gasteiger partial charge in [0.25, 0.3) is 11.6 Å². The minimum Gasteiger partial charge on any atom is -0.322 e. The van der Waals surface area contributed by atoms with Gasteiger partial charge in [0.2, 0.25) is 0 Å². The van der Waals surface area contributed by atoms with Gasteiger partial charge in [0, 0.05) is 40.1 Å². The van der Waals surface area contributed by atoms with E-state index in [0.717, 1.165) is 22.3 Å². The molecule has 2 aromatic heterocycles. The van der Waals surface area contributed by atoms with Crippen LogP contribution in [0.25, 0.3) is 16.2 Å². The van der Waals surface area contributed by atoms with E-state index in [1.54, 1.807) is 23.5 Å². The van der Waals surface area contributed by atoms with Gasteiger partial charge in [0.15, 0.2) is 4.96 Å². The topological polar surface area (TPSA) is 89.5 Å². The molecular formula is C18H11ClN4O3S. The summed E-state index contributed by atoms with van der Waals surface area (Å²) in [5.41, 5.74) is 1.86. The van der Waals surface area contributed by atoms with Gasteiger partial charge >= 0.3 is 0 Å². The van der Waals surface area contributed by atoms with E-state index in [2.05, 4.69) is 10.3 Å². The second kappa shape index (κ2) is 6.82. The Balaban J connectivity index is 1.56. The molecule has 9 heteroatoms. The van der Waals surface area contributed by atoms with E-state index in [4.69, 9.17) is 11.6 Å². The van der Waals surface area contributed by atoms with Crippen LogP contribution in [0, 0.1) is 10.1 Å². The predicted octanol–water partition coefficient (Wildman–Crippen LogP) is 4.88. The lowest BCUT2D eigenvalue weighted by Gasteiger charge is -2.07. The van der Waals surface area contributed by atoms with E-state index in [1.165, 1.54) is 12.1 Å². The number of imidazole rings is 1. The second-order valence-corrected chi connectivity index (χ2v) is 6.98. The monoisotopic (exact) mass is 398 g/mol. The molecule has 0 atom stereocenters. The highest BCUT2D eigenvalue weighted by Gasteiger charge is 2.20. The van der Waals surface area contributed by atoms with Crippen LogP contribution in [0.3, 0.4) is 0 Å². The standard InChI is InChI=1S/C18H11ClN4O3S/c19-12-3-6-14(16(9-12)23(25)26)17(24)20-13-4-1-11(2-5-13)15-10-22-7-8-27-18(22)21-15/h1-10H,(H,20,24). The van der Waals surface area contributed by atoms with Crippen molar-refractivity contribution in [3.8, 4) is 11.3 Å². The number of fused-ring (bicyclic) bond motifs is 1. The normalized spacial score (nSPS) is 10.9. The number of hydrogen-bond acceptors (Lipinski definition) is 5. The number of carbonyl (C=O) groups excluding carboxylic acids is 1. The molecule has 0 aliphatic carbocycles. The molecule has 2 heterocycles. The Bertz CT molecular complexity index is 1140. The molecular weight excluding hydrogens is 388 g/mol. The Morgan fingerprint density at radius 3 is 2.70 bits per heavy atom. The van der Waals surface area contributed by atoms with E-state index in [1.807, 2.05) is 34.3 Å². The summed E-state index contributed by atoms with van der Waals surface area (Å²) < 4.78 is 1.94. The van der Waals surface area contributed by atoms with Crippen molar-refractivity contribution in [2.45, 2.75) is 0 Å². The summed E-state index contributed by atoms with van der Waals surface area (Å²) in [4.78, 5) is 28.4. The summed E-state index contributed by atoms with van der Waals surface area (Å²) in [7, 11) is 0. The minimum atomic E-state index is -0.631. The molecule has 0 aliphatic heterocycles. The fourth-order valence-corrected chi connectivity index (χ4v) is 3.50. The average Bonchev–Trinajstić information content (AvgIpc) is 3.24. The molecule has 0 fully saturated rings.